The highest BCUT2D eigenvalue weighted by molar-refractivity contribution is 6.01. The predicted molar refractivity (Wildman–Crippen MR) is 93.8 cm³/mol. The maximum Gasteiger partial charge on any atom is 0.407 e. The van der Waals surface area contributed by atoms with Gasteiger partial charge in [-0.3, -0.25) is 9.59 Å². The summed E-state index contributed by atoms with van der Waals surface area (Å²) in [5.74, 6) is -1.55. The summed E-state index contributed by atoms with van der Waals surface area (Å²) in [6.07, 6.45) is -0.676. The monoisotopic (exact) mass is 339 g/mol. The van der Waals surface area contributed by atoms with Gasteiger partial charge in [0.25, 0.3) is 0 Å². The van der Waals surface area contributed by atoms with E-state index in [2.05, 4.69) is 5.32 Å². The van der Waals surface area contributed by atoms with Crippen molar-refractivity contribution in [1.82, 2.24) is 5.32 Å². The molecule has 0 bridgehead atoms. The second kappa shape index (κ2) is 8.78. The van der Waals surface area contributed by atoms with E-state index in [1.54, 1.807) is 24.3 Å². The van der Waals surface area contributed by atoms with Gasteiger partial charge in [-0.2, -0.15) is 0 Å². The second-order valence-electron chi connectivity index (χ2n) is 5.79. The first kappa shape index (κ1) is 18.4. The Bertz CT molecular complexity index is 714. The molecule has 1 N–H and O–H groups in total. The molecule has 5 heteroatoms. The molecule has 25 heavy (non-hydrogen) atoms. The molecule has 0 saturated heterocycles. The van der Waals surface area contributed by atoms with Gasteiger partial charge >= 0.3 is 6.09 Å². The van der Waals surface area contributed by atoms with Crippen LogP contribution >= 0.6 is 0 Å². The zero-order valence-corrected chi connectivity index (χ0v) is 14.3. The molecule has 0 saturated carbocycles. The van der Waals surface area contributed by atoms with Gasteiger partial charge in [0.05, 0.1) is 6.04 Å². The topological polar surface area (TPSA) is 72.5 Å². The number of hydrogen-bond acceptors (Lipinski definition) is 4. The minimum absolute atomic E-state index is 0.110. The van der Waals surface area contributed by atoms with Crippen LogP contribution in [0.2, 0.25) is 0 Å². The van der Waals surface area contributed by atoms with Crippen LogP contribution in [-0.2, 0) is 20.9 Å². The summed E-state index contributed by atoms with van der Waals surface area (Å²) in [5, 5.41) is 2.66. The number of amides is 1. The van der Waals surface area contributed by atoms with Crippen molar-refractivity contribution in [2.75, 3.05) is 0 Å². The first-order valence-electron chi connectivity index (χ1n) is 8.02. The van der Waals surface area contributed by atoms with Crippen LogP contribution in [0.5, 0.6) is 0 Å². The van der Waals surface area contributed by atoms with E-state index in [1.165, 1.54) is 13.8 Å². The lowest BCUT2D eigenvalue weighted by molar-refractivity contribution is -0.131. The Morgan fingerprint density at radius 3 is 1.92 bits per heavy atom. The third-order valence-corrected chi connectivity index (χ3v) is 3.85. The lowest BCUT2D eigenvalue weighted by Crippen LogP contribution is -2.39. The van der Waals surface area contributed by atoms with E-state index >= 15 is 0 Å². The molecule has 0 aliphatic heterocycles. The fraction of sp³-hybridized carbons (Fsp3) is 0.250. The van der Waals surface area contributed by atoms with Gasteiger partial charge in [0, 0.05) is 0 Å². The molecule has 0 heterocycles. The van der Waals surface area contributed by atoms with Crippen molar-refractivity contribution < 1.29 is 19.1 Å². The maximum atomic E-state index is 12.2. The minimum atomic E-state index is -0.952. The summed E-state index contributed by atoms with van der Waals surface area (Å²) < 4.78 is 5.22. The molecule has 1 amide bonds. The molecule has 2 aromatic carbocycles. The maximum absolute atomic E-state index is 12.2. The van der Waals surface area contributed by atoms with Crippen molar-refractivity contribution in [2.45, 2.75) is 26.5 Å². The van der Waals surface area contributed by atoms with Gasteiger partial charge in [-0.05, 0) is 25.0 Å². The lowest BCUT2D eigenvalue weighted by atomic mass is 9.87. The molecule has 130 valence electrons. The molecule has 0 spiro atoms. The van der Waals surface area contributed by atoms with Gasteiger partial charge in [-0.1, -0.05) is 60.7 Å². The number of hydrogen-bond donors (Lipinski definition) is 1. The highest BCUT2D eigenvalue weighted by atomic mass is 16.5. The number of Topliss-reactive ketones (excluding diaryl/α,β-unsaturated/α-hetero) is 2. The summed E-state index contributed by atoms with van der Waals surface area (Å²) in [6.45, 7) is 2.80. The fourth-order valence-electron chi connectivity index (χ4n) is 2.67. The fourth-order valence-corrected chi connectivity index (χ4v) is 2.67. The number of ether oxygens (including phenoxy) is 1. The van der Waals surface area contributed by atoms with E-state index in [1.807, 2.05) is 36.4 Å². The van der Waals surface area contributed by atoms with Crippen molar-refractivity contribution in [3.05, 3.63) is 71.8 Å². The molecule has 0 fully saturated rings. The van der Waals surface area contributed by atoms with Crippen molar-refractivity contribution in [1.29, 1.82) is 0 Å². The van der Waals surface area contributed by atoms with Crippen LogP contribution in [0.15, 0.2) is 60.7 Å². The number of carbonyl (C=O) groups is 3. The first-order chi connectivity index (χ1) is 12.0. The lowest BCUT2D eigenvalue weighted by Gasteiger charge is -2.24. The highest BCUT2D eigenvalue weighted by Crippen LogP contribution is 2.24. The average Bonchev–Trinajstić information content (AvgIpc) is 2.60. The van der Waals surface area contributed by atoms with Crippen LogP contribution in [0.3, 0.4) is 0 Å². The molecular formula is C20H21NO4. The summed E-state index contributed by atoms with van der Waals surface area (Å²) >= 11 is 0. The minimum Gasteiger partial charge on any atom is -0.445 e. The van der Waals surface area contributed by atoms with Gasteiger partial charge in [0.2, 0.25) is 0 Å². The van der Waals surface area contributed by atoms with E-state index in [-0.39, 0.29) is 18.2 Å². The van der Waals surface area contributed by atoms with Crippen LogP contribution in [0, 0.1) is 5.92 Å². The second-order valence-corrected chi connectivity index (χ2v) is 5.79. The van der Waals surface area contributed by atoms with E-state index < -0.39 is 18.1 Å². The molecule has 2 rings (SSSR count). The number of rotatable bonds is 7. The van der Waals surface area contributed by atoms with Crippen LogP contribution in [0.1, 0.15) is 31.0 Å². The SMILES string of the molecule is CC(=O)C(C(C)=O)[C@H](NC(=O)OCc1ccccc1)c1ccccc1. The molecule has 0 aliphatic carbocycles. The summed E-state index contributed by atoms with van der Waals surface area (Å²) in [5.41, 5.74) is 1.53. The highest BCUT2D eigenvalue weighted by Gasteiger charge is 2.32. The van der Waals surface area contributed by atoms with Gasteiger partial charge in [0.1, 0.15) is 24.1 Å². The number of carbonyl (C=O) groups excluding carboxylic acids is 3. The van der Waals surface area contributed by atoms with Crippen LogP contribution in [0.25, 0.3) is 0 Å². The largest absolute Gasteiger partial charge is 0.445 e. The van der Waals surface area contributed by atoms with Crippen LogP contribution < -0.4 is 5.32 Å². The number of ketones is 2. The molecule has 1 atom stereocenters. The van der Waals surface area contributed by atoms with E-state index in [9.17, 15) is 14.4 Å². The van der Waals surface area contributed by atoms with Gasteiger partial charge in [-0.25, -0.2) is 4.79 Å². The van der Waals surface area contributed by atoms with Crippen molar-refractivity contribution in [3.8, 4) is 0 Å². The Kier molecular flexibility index (Phi) is 6.46. The van der Waals surface area contributed by atoms with E-state index in [0.717, 1.165) is 5.56 Å². The first-order valence-corrected chi connectivity index (χ1v) is 8.02. The predicted octanol–water partition coefficient (Wildman–Crippen LogP) is 3.45. The Balaban J connectivity index is 2.14. The Hall–Kier alpha value is -2.95. The third kappa shape index (κ3) is 5.28. The van der Waals surface area contributed by atoms with Crippen LogP contribution in [0.4, 0.5) is 4.79 Å². The molecule has 0 unspecified atom stereocenters. The Morgan fingerprint density at radius 1 is 0.880 bits per heavy atom. The standard InChI is InChI=1S/C20H21NO4/c1-14(22)18(15(2)23)19(17-11-7-4-8-12-17)21-20(24)25-13-16-9-5-3-6-10-16/h3-12,18-19H,13H2,1-2H3,(H,21,24)/t19-/m1/s1. The number of alkyl carbamates (subject to hydrolysis) is 1. The molecular weight excluding hydrogens is 318 g/mol. The normalized spacial score (nSPS) is 11.6. The van der Waals surface area contributed by atoms with Crippen LogP contribution in [-0.4, -0.2) is 17.7 Å². The average molecular weight is 339 g/mol. The third-order valence-electron chi connectivity index (χ3n) is 3.85. The molecule has 2 aromatic rings. The van der Waals surface area contributed by atoms with Crippen molar-refractivity contribution in [2.24, 2.45) is 5.92 Å². The summed E-state index contributed by atoms with van der Waals surface area (Å²) in [6, 6.07) is 17.4. The quantitative estimate of drug-likeness (QED) is 0.784. The molecule has 0 aromatic heterocycles. The molecule has 0 aliphatic rings. The van der Waals surface area contributed by atoms with E-state index in [4.69, 9.17) is 4.74 Å². The number of nitrogens with one attached hydrogen (secondary N) is 1. The Labute approximate surface area is 147 Å². The van der Waals surface area contributed by atoms with E-state index in [0.29, 0.717) is 5.56 Å². The number of benzene rings is 2. The van der Waals surface area contributed by atoms with Gasteiger partial charge in [-0.15, -0.1) is 0 Å². The molecule has 0 radical (unpaired) electrons. The van der Waals surface area contributed by atoms with Gasteiger partial charge < -0.3 is 10.1 Å². The zero-order valence-electron chi connectivity index (χ0n) is 14.3. The smallest absolute Gasteiger partial charge is 0.407 e. The summed E-state index contributed by atoms with van der Waals surface area (Å²) in [7, 11) is 0. The van der Waals surface area contributed by atoms with Gasteiger partial charge in [0.15, 0.2) is 0 Å². The molecule has 5 nitrogen and oxygen atoms in total. The Morgan fingerprint density at radius 2 is 1.40 bits per heavy atom. The van der Waals surface area contributed by atoms with Crippen molar-refractivity contribution in [3.63, 3.8) is 0 Å². The van der Waals surface area contributed by atoms with Crippen molar-refractivity contribution >= 4 is 17.7 Å². The summed E-state index contributed by atoms with van der Waals surface area (Å²) in [4.78, 5) is 36.1. The zero-order chi connectivity index (χ0) is 18.2.